The second kappa shape index (κ2) is 9.14. The van der Waals surface area contributed by atoms with Crippen molar-refractivity contribution >= 4 is 5.96 Å². The van der Waals surface area contributed by atoms with E-state index in [9.17, 15) is 4.39 Å². The third-order valence-electron chi connectivity index (χ3n) is 4.65. The minimum absolute atomic E-state index is 0.0882. The summed E-state index contributed by atoms with van der Waals surface area (Å²) in [6.07, 6.45) is 2.05. The standard InChI is InChI=1S/C20H30FN7/c1-5-22-20(25-18-7-6-10-28-19(18)24-14(2)26-28)23-12-15-8-9-17(21)16(11-15)13-27(3)4/h8-9,11,18H,5-7,10,12-13H2,1-4H3,(H2,22,23,25). The minimum atomic E-state index is -0.177. The van der Waals surface area contributed by atoms with Crippen LogP contribution in [0.2, 0.25) is 0 Å². The zero-order valence-electron chi connectivity index (χ0n) is 17.2. The SMILES string of the molecule is CCNC(=NCc1ccc(F)c(CN(C)C)c1)NC1CCCn2nc(C)nc21. The van der Waals surface area contributed by atoms with Gasteiger partial charge in [0.15, 0.2) is 5.96 Å². The molecule has 0 saturated carbocycles. The van der Waals surface area contributed by atoms with Crippen LogP contribution in [-0.4, -0.2) is 46.3 Å². The number of benzene rings is 1. The lowest BCUT2D eigenvalue weighted by Crippen LogP contribution is -2.41. The molecule has 0 radical (unpaired) electrons. The van der Waals surface area contributed by atoms with Gasteiger partial charge in [-0.3, -0.25) is 0 Å². The van der Waals surface area contributed by atoms with Gasteiger partial charge in [-0.1, -0.05) is 6.07 Å². The maximum absolute atomic E-state index is 14.0. The first-order valence-corrected chi connectivity index (χ1v) is 9.84. The van der Waals surface area contributed by atoms with E-state index >= 15 is 0 Å². The molecule has 7 nitrogen and oxygen atoms in total. The number of aliphatic imine (C=N–C) groups is 1. The first-order valence-electron chi connectivity index (χ1n) is 9.84. The minimum Gasteiger partial charge on any atom is -0.357 e. The van der Waals surface area contributed by atoms with Crippen LogP contribution in [-0.2, 0) is 19.6 Å². The third-order valence-corrected chi connectivity index (χ3v) is 4.65. The largest absolute Gasteiger partial charge is 0.357 e. The van der Waals surface area contributed by atoms with Gasteiger partial charge in [-0.2, -0.15) is 5.10 Å². The number of nitrogens with one attached hydrogen (secondary N) is 2. The third kappa shape index (κ3) is 5.07. The summed E-state index contributed by atoms with van der Waals surface area (Å²) in [7, 11) is 3.87. The Balaban J connectivity index is 1.73. The summed E-state index contributed by atoms with van der Waals surface area (Å²) in [6.45, 7) is 6.68. The van der Waals surface area contributed by atoms with Gasteiger partial charge < -0.3 is 15.5 Å². The van der Waals surface area contributed by atoms with Crippen LogP contribution in [0.4, 0.5) is 4.39 Å². The average molecular weight is 388 g/mol. The highest BCUT2D eigenvalue weighted by atomic mass is 19.1. The molecule has 1 atom stereocenters. The lowest BCUT2D eigenvalue weighted by atomic mass is 10.1. The van der Waals surface area contributed by atoms with Crippen molar-refractivity contribution < 1.29 is 4.39 Å². The number of guanidine groups is 1. The van der Waals surface area contributed by atoms with Crippen molar-refractivity contribution in [2.24, 2.45) is 4.99 Å². The van der Waals surface area contributed by atoms with Crippen LogP contribution < -0.4 is 10.6 Å². The Morgan fingerprint density at radius 1 is 1.39 bits per heavy atom. The molecule has 3 rings (SSSR count). The van der Waals surface area contributed by atoms with Crippen LogP contribution in [0.15, 0.2) is 23.2 Å². The maximum atomic E-state index is 14.0. The van der Waals surface area contributed by atoms with Crippen molar-refractivity contribution in [2.75, 3.05) is 20.6 Å². The van der Waals surface area contributed by atoms with Gasteiger partial charge in [0.1, 0.15) is 17.5 Å². The number of aryl methyl sites for hydroxylation is 2. The Bertz CT molecular complexity index is 828. The molecule has 1 unspecified atom stereocenters. The van der Waals surface area contributed by atoms with Gasteiger partial charge in [-0.15, -0.1) is 0 Å². The molecule has 0 amide bonds. The average Bonchev–Trinajstić information content (AvgIpc) is 3.03. The van der Waals surface area contributed by atoms with Crippen LogP contribution in [0, 0.1) is 12.7 Å². The van der Waals surface area contributed by atoms with Crippen molar-refractivity contribution in [1.82, 2.24) is 30.3 Å². The number of nitrogens with zero attached hydrogens (tertiary/aromatic N) is 5. The molecule has 1 aromatic heterocycles. The van der Waals surface area contributed by atoms with Gasteiger partial charge >= 0.3 is 0 Å². The predicted octanol–water partition coefficient (Wildman–Crippen LogP) is 2.38. The molecule has 152 valence electrons. The summed E-state index contributed by atoms with van der Waals surface area (Å²) >= 11 is 0. The molecule has 0 aliphatic carbocycles. The summed E-state index contributed by atoms with van der Waals surface area (Å²) in [5, 5.41) is 11.2. The van der Waals surface area contributed by atoms with E-state index in [0.717, 1.165) is 49.1 Å². The zero-order valence-corrected chi connectivity index (χ0v) is 17.2. The molecule has 0 bridgehead atoms. The summed E-state index contributed by atoms with van der Waals surface area (Å²) in [5.41, 5.74) is 1.67. The summed E-state index contributed by atoms with van der Waals surface area (Å²) in [4.78, 5) is 11.2. The van der Waals surface area contributed by atoms with Gasteiger partial charge in [0.2, 0.25) is 0 Å². The molecule has 1 aliphatic rings. The number of hydrogen-bond acceptors (Lipinski definition) is 4. The van der Waals surface area contributed by atoms with E-state index < -0.39 is 0 Å². The summed E-state index contributed by atoms with van der Waals surface area (Å²) in [5.74, 6) is 2.32. The monoisotopic (exact) mass is 387 g/mol. The fourth-order valence-electron chi connectivity index (χ4n) is 3.45. The number of rotatable bonds is 6. The van der Waals surface area contributed by atoms with Crippen LogP contribution in [0.25, 0.3) is 0 Å². The van der Waals surface area contributed by atoms with E-state index in [2.05, 4.69) is 20.7 Å². The molecule has 28 heavy (non-hydrogen) atoms. The van der Waals surface area contributed by atoms with Crippen LogP contribution >= 0.6 is 0 Å². The Labute approximate surface area is 166 Å². The first-order chi connectivity index (χ1) is 13.5. The van der Waals surface area contributed by atoms with Crippen LogP contribution in [0.1, 0.15) is 48.6 Å². The molecule has 0 spiro atoms. The van der Waals surface area contributed by atoms with Gasteiger partial charge in [0, 0.05) is 25.2 Å². The number of fused-ring (bicyclic) bond motifs is 1. The number of halogens is 1. The molecule has 1 aromatic carbocycles. The maximum Gasteiger partial charge on any atom is 0.192 e. The van der Waals surface area contributed by atoms with Gasteiger partial charge in [0.05, 0.1) is 12.6 Å². The van der Waals surface area contributed by atoms with E-state index in [-0.39, 0.29) is 11.9 Å². The molecule has 2 N–H and O–H groups in total. The lowest BCUT2D eigenvalue weighted by Gasteiger charge is -2.25. The normalized spacial score (nSPS) is 16.9. The number of hydrogen-bond donors (Lipinski definition) is 2. The second-order valence-electron chi connectivity index (χ2n) is 7.44. The van der Waals surface area contributed by atoms with Crippen LogP contribution in [0.5, 0.6) is 0 Å². The Morgan fingerprint density at radius 3 is 2.96 bits per heavy atom. The van der Waals surface area contributed by atoms with Crippen molar-refractivity contribution in [3.63, 3.8) is 0 Å². The molecular formula is C20H30FN7. The van der Waals surface area contributed by atoms with Crippen molar-refractivity contribution in [3.8, 4) is 0 Å². The molecule has 2 heterocycles. The highest BCUT2D eigenvalue weighted by molar-refractivity contribution is 5.80. The molecule has 8 heteroatoms. The summed E-state index contributed by atoms with van der Waals surface area (Å²) in [6, 6.07) is 5.30. The Kier molecular flexibility index (Phi) is 6.61. The first kappa shape index (κ1) is 20.3. The highest BCUT2D eigenvalue weighted by Gasteiger charge is 2.24. The van der Waals surface area contributed by atoms with E-state index in [4.69, 9.17) is 4.99 Å². The fraction of sp³-hybridized carbons (Fsp3) is 0.550. The van der Waals surface area contributed by atoms with Crippen molar-refractivity contribution in [1.29, 1.82) is 0 Å². The predicted molar refractivity (Wildman–Crippen MR) is 108 cm³/mol. The van der Waals surface area contributed by atoms with Crippen molar-refractivity contribution in [3.05, 3.63) is 46.8 Å². The highest BCUT2D eigenvalue weighted by Crippen LogP contribution is 2.23. The van der Waals surface area contributed by atoms with Gasteiger partial charge in [-0.25, -0.2) is 19.0 Å². The van der Waals surface area contributed by atoms with Gasteiger partial charge in [0.25, 0.3) is 0 Å². The molecular weight excluding hydrogens is 357 g/mol. The van der Waals surface area contributed by atoms with Gasteiger partial charge in [-0.05, 0) is 58.5 Å². The topological polar surface area (TPSA) is 70.4 Å². The van der Waals surface area contributed by atoms with E-state index in [1.54, 1.807) is 6.07 Å². The van der Waals surface area contributed by atoms with E-state index in [1.807, 2.05) is 43.6 Å². The van der Waals surface area contributed by atoms with Crippen molar-refractivity contribution in [2.45, 2.75) is 52.4 Å². The zero-order chi connectivity index (χ0) is 20.1. The Morgan fingerprint density at radius 2 is 2.21 bits per heavy atom. The summed E-state index contributed by atoms with van der Waals surface area (Å²) < 4.78 is 16.0. The second-order valence-corrected chi connectivity index (χ2v) is 7.44. The van der Waals surface area contributed by atoms with E-state index in [1.165, 1.54) is 6.07 Å². The fourth-order valence-corrected chi connectivity index (χ4v) is 3.45. The van der Waals surface area contributed by atoms with Crippen LogP contribution in [0.3, 0.4) is 0 Å². The van der Waals surface area contributed by atoms with E-state index in [0.29, 0.717) is 18.7 Å². The Hall–Kier alpha value is -2.48. The molecule has 1 aliphatic heterocycles. The molecule has 2 aromatic rings. The lowest BCUT2D eigenvalue weighted by molar-refractivity contribution is 0.392. The molecule has 0 fully saturated rings. The molecule has 0 saturated heterocycles. The quantitative estimate of drug-likeness (QED) is 0.588. The number of aromatic nitrogens is 3. The smallest absolute Gasteiger partial charge is 0.192 e.